The normalized spacial score (nSPS) is 12.3. The number of ether oxygens (including phenoxy) is 1. The van der Waals surface area contributed by atoms with Crippen molar-refractivity contribution in [1.29, 1.82) is 0 Å². The largest absolute Gasteiger partial charge is 0.434 e. The van der Waals surface area contributed by atoms with Gasteiger partial charge in [-0.3, -0.25) is 0 Å². The van der Waals surface area contributed by atoms with Crippen molar-refractivity contribution in [2.45, 2.75) is 19.6 Å². The highest BCUT2D eigenvalue weighted by Gasteiger charge is 2.16. The number of alkyl halides is 2. The van der Waals surface area contributed by atoms with Gasteiger partial charge in [-0.25, -0.2) is 4.39 Å². The molecule has 1 atom stereocenters. The van der Waals surface area contributed by atoms with Crippen molar-refractivity contribution < 1.29 is 17.9 Å². The average molecular weight is 316 g/mol. The van der Waals surface area contributed by atoms with Crippen molar-refractivity contribution in [2.75, 3.05) is 5.32 Å². The summed E-state index contributed by atoms with van der Waals surface area (Å²) in [6, 6.07) is 10.2. The quantitative estimate of drug-likeness (QED) is 0.813. The van der Waals surface area contributed by atoms with Gasteiger partial charge in [0.25, 0.3) is 0 Å². The Kier molecular flexibility index (Phi) is 4.96. The van der Waals surface area contributed by atoms with Crippen LogP contribution in [0.1, 0.15) is 18.5 Å². The van der Waals surface area contributed by atoms with Crippen LogP contribution in [0.4, 0.5) is 18.9 Å². The minimum atomic E-state index is -2.92. The van der Waals surface area contributed by atoms with Crippen LogP contribution >= 0.6 is 11.6 Å². The predicted octanol–water partition coefficient (Wildman–Crippen LogP) is 5.25. The number of halogens is 4. The van der Waals surface area contributed by atoms with Crippen LogP contribution in [0.2, 0.25) is 5.02 Å². The summed E-state index contributed by atoms with van der Waals surface area (Å²) in [7, 11) is 0. The zero-order chi connectivity index (χ0) is 15.4. The summed E-state index contributed by atoms with van der Waals surface area (Å²) >= 11 is 5.93. The van der Waals surface area contributed by atoms with E-state index >= 15 is 0 Å². The molecule has 2 rings (SSSR count). The maximum atomic E-state index is 13.7. The van der Waals surface area contributed by atoms with E-state index < -0.39 is 18.5 Å². The van der Waals surface area contributed by atoms with Crippen molar-refractivity contribution in [3.05, 3.63) is 58.9 Å². The molecule has 21 heavy (non-hydrogen) atoms. The molecule has 0 amide bonds. The molecule has 6 heteroatoms. The Labute approximate surface area is 125 Å². The summed E-state index contributed by atoms with van der Waals surface area (Å²) in [5.41, 5.74) is 0.607. The van der Waals surface area contributed by atoms with Gasteiger partial charge in [0.1, 0.15) is 11.6 Å². The number of hydrogen-bond donors (Lipinski definition) is 1. The molecule has 1 N–H and O–H groups in total. The standard InChI is InChI=1S/C15H13ClF3NO/c1-9(20-14-11(16)6-4-7-12(14)17)10-5-2-3-8-13(10)21-15(18)19/h2-9,15,20H,1H3. The third-order valence-electron chi connectivity index (χ3n) is 2.93. The summed E-state index contributed by atoms with van der Waals surface area (Å²) < 4.78 is 43.0. The summed E-state index contributed by atoms with van der Waals surface area (Å²) in [6.07, 6.45) is 0. The number of para-hydroxylation sites is 2. The number of rotatable bonds is 5. The molecular formula is C15H13ClF3NO. The molecule has 2 aromatic carbocycles. The molecule has 0 aliphatic rings. The second kappa shape index (κ2) is 6.72. The second-order valence-electron chi connectivity index (χ2n) is 4.38. The van der Waals surface area contributed by atoms with Crippen molar-refractivity contribution in [3.63, 3.8) is 0 Å². The number of anilines is 1. The second-order valence-corrected chi connectivity index (χ2v) is 4.79. The summed E-state index contributed by atoms with van der Waals surface area (Å²) in [6.45, 7) is -1.22. The van der Waals surface area contributed by atoms with E-state index in [1.165, 1.54) is 18.2 Å². The zero-order valence-corrected chi connectivity index (χ0v) is 11.9. The summed E-state index contributed by atoms with van der Waals surface area (Å²) in [5.74, 6) is -0.471. The van der Waals surface area contributed by atoms with Gasteiger partial charge in [0, 0.05) is 5.56 Å². The molecule has 0 heterocycles. The van der Waals surface area contributed by atoms with Gasteiger partial charge in [-0.2, -0.15) is 8.78 Å². The minimum absolute atomic E-state index is 0.0416. The van der Waals surface area contributed by atoms with Gasteiger partial charge < -0.3 is 10.1 Å². The third kappa shape index (κ3) is 3.82. The molecule has 112 valence electrons. The highest BCUT2D eigenvalue weighted by molar-refractivity contribution is 6.33. The number of hydrogen-bond acceptors (Lipinski definition) is 2. The maximum Gasteiger partial charge on any atom is 0.387 e. The van der Waals surface area contributed by atoms with Crippen molar-refractivity contribution in [3.8, 4) is 5.75 Å². The summed E-state index contributed by atoms with van der Waals surface area (Å²) in [4.78, 5) is 0. The Morgan fingerprint density at radius 2 is 1.81 bits per heavy atom. The maximum absolute atomic E-state index is 13.7. The lowest BCUT2D eigenvalue weighted by Crippen LogP contribution is -2.12. The van der Waals surface area contributed by atoms with E-state index in [0.717, 1.165) is 0 Å². The van der Waals surface area contributed by atoms with E-state index in [-0.39, 0.29) is 16.5 Å². The molecule has 0 bridgehead atoms. The van der Waals surface area contributed by atoms with Gasteiger partial charge in [-0.15, -0.1) is 0 Å². The van der Waals surface area contributed by atoms with Crippen LogP contribution in [-0.2, 0) is 0 Å². The lowest BCUT2D eigenvalue weighted by molar-refractivity contribution is -0.0505. The lowest BCUT2D eigenvalue weighted by atomic mass is 10.1. The Balaban J connectivity index is 2.26. The van der Waals surface area contributed by atoms with Crippen LogP contribution in [0, 0.1) is 5.82 Å². The van der Waals surface area contributed by atoms with E-state index in [0.29, 0.717) is 5.56 Å². The van der Waals surface area contributed by atoms with Gasteiger partial charge in [-0.1, -0.05) is 35.9 Å². The Morgan fingerprint density at radius 3 is 2.48 bits per heavy atom. The van der Waals surface area contributed by atoms with Gasteiger partial charge in [0.2, 0.25) is 0 Å². The van der Waals surface area contributed by atoms with Crippen LogP contribution in [-0.4, -0.2) is 6.61 Å². The van der Waals surface area contributed by atoms with Gasteiger partial charge >= 0.3 is 6.61 Å². The molecule has 2 aromatic rings. The van der Waals surface area contributed by atoms with Crippen LogP contribution in [0.5, 0.6) is 5.75 Å². The molecule has 0 aromatic heterocycles. The SMILES string of the molecule is CC(Nc1c(F)cccc1Cl)c1ccccc1OC(F)F. The molecule has 0 aliphatic heterocycles. The molecule has 0 radical (unpaired) electrons. The molecule has 0 aliphatic carbocycles. The molecule has 0 saturated heterocycles. The first kappa shape index (κ1) is 15.5. The van der Waals surface area contributed by atoms with Crippen LogP contribution in [0.25, 0.3) is 0 Å². The first-order valence-corrected chi connectivity index (χ1v) is 6.61. The summed E-state index contributed by atoms with van der Waals surface area (Å²) in [5, 5.41) is 3.09. The Morgan fingerprint density at radius 1 is 1.10 bits per heavy atom. The molecule has 0 spiro atoms. The van der Waals surface area contributed by atoms with Crippen LogP contribution in [0.3, 0.4) is 0 Å². The highest BCUT2D eigenvalue weighted by Crippen LogP contribution is 2.32. The van der Waals surface area contributed by atoms with E-state index in [4.69, 9.17) is 11.6 Å². The van der Waals surface area contributed by atoms with Crippen LogP contribution < -0.4 is 10.1 Å². The zero-order valence-electron chi connectivity index (χ0n) is 11.1. The smallest absolute Gasteiger partial charge is 0.387 e. The van der Waals surface area contributed by atoms with Crippen molar-refractivity contribution in [1.82, 2.24) is 0 Å². The first-order valence-electron chi connectivity index (χ1n) is 6.23. The fraction of sp³-hybridized carbons (Fsp3) is 0.200. The van der Waals surface area contributed by atoms with Crippen molar-refractivity contribution in [2.24, 2.45) is 0 Å². The lowest BCUT2D eigenvalue weighted by Gasteiger charge is -2.20. The van der Waals surface area contributed by atoms with E-state index in [9.17, 15) is 13.2 Å². The highest BCUT2D eigenvalue weighted by atomic mass is 35.5. The molecule has 0 fully saturated rings. The fourth-order valence-corrected chi connectivity index (χ4v) is 2.19. The predicted molar refractivity (Wildman–Crippen MR) is 76.5 cm³/mol. The molecular weight excluding hydrogens is 303 g/mol. The van der Waals surface area contributed by atoms with Crippen LogP contribution in [0.15, 0.2) is 42.5 Å². The van der Waals surface area contributed by atoms with E-state index in [1.807, 2.05) is 0 Å². The number of benzene rings is 2. The number of nitrogens with one attached hydrogen (secondary N) is 1. The van der Waals surface area contributed by atoms with E-state index in [2.05, 4.69) is 10.1 Å². The first-order chi connectivity index (χ1) is 9.99. The van der Waals surface area contributed by atoms with Gasteiger partial charge in [0.15, 0.2) is 0 Å². The van der Waals surface area contributed by atoms with Crippen molar-refractivity contribution >= 4 is 17.3 Å². The van der Waals surface area contributed by atoms with E-state index in [1.54, 1.807) is 31.2 Å². The van der Waals surface area contributed by atoms with Gasteiger partial charge in [-0.05, 0) is 25.1 Å². The molecule has 0 saturated carbocycles. The fourth-order valence-electron chi connectivity index (χ4n) is 1.97. The molecule has 1 unspecified atom stereocenters. The average Bonchev–Trinajstić information content (AvgIpc) is 2.43. The van der Waals surface area contributed by atoms with Gasteiger partial charge in [0.05, 0.1) is 16.8 Å². The monoisotopic (exact) mass is 315 g/mol. The Bertz CT molecular complexity index is 601. The Hall–Kier alpha value is -1.88. The third-order valence-corrected chi connectivity index (χ3v) is 3.24. The minimum Gasteiger partial charge on any atom is -0.434 e. The molecule has 2 nitrogen and oxygen atoms in total. The topological polar surface area (TPSA) is 21.3 Å².